The molecule has 4 aromatic rings. The maximum Gasteiger partial charge on any atom is 0.339 e. The number of carbonyl (C=O) groups excluding carboxylic acids is 2. The summed E-state index contributed by atoms with van der Waals surface area (Å²) >= 11 is 1.26. The predicted molar refractivity (Wildman–Crippen MR) is 118 cm³/mol. The Morgan fingerprint density at radius 1 is 1.13 bits per heavy atom. The van der Waals surface area contributed by atoms with Crippen LogP contribution in [0.3, 0.4) is 0 Å². The molecule has 1 amide bonds. The van der Waals surface area contributed by atoms with E-state index in [1.54, 1.807) is 31.4 Å². The van der Waals surface area contributed by atoms with Gasteiger partial charge in [0, 0.05) is 27.9 Å². The second-order valence-electron chi connectivity index (χ2n) is 6.48. The average molecular weight is 435 g/mol. The van der Waals surface area contributed by atoms with Crippen LogP contribution < -0.4 is 15.6 Å². The van der Waals surface area contributed by atoms with Crippen molar-refractivity contribution in [3.63, 3.8) is 0 Å². The van der Waals surface area contributed by atoms with Crippen LogP contribution >= 0.6 is 11.3 Å². The number of benzene rings is 2. The molecular weight excluding hydrogens is 418 g/mol. The molecule has 0 unspecified atom stereocenters. The van der Waals surface area contributed by atoms with Crippen LogP contribution in [0, 0.1) is 0 Å². The Hall–Kier alpha value is -3.98. The monoisotopic (exact) mass is 435 g/mol. The van der Waals surface area contributed by atoms with Gasteiger partial charge in [0.05, 0.1) is 18.4 Å². The largest absolute Gasteiger partial charge is 0.497 e. The first-order valence-electron chi connectivity index (χ1n) is 9.22. The van der Waals surface area contributed by atoms with Gasteiger partial charge in [-0.3, -0.25) is 14.9 Å². The number of aromatic nitrogens is 2. The molecule has 0 radical (unpaired) electrons. The Kier molecular flexibility index (Phi) is 5.76. The zero-order valence-electron chi connectivity index (χ0n) is 16.4. The molecule has 0 saturated heterocycles. The van der Waals surface area contributed by atoms with E-state index in [0.29, 0.717) is 21.7 Å². The van der Waals surface area contributed by atoms with Gasteiger partial charge >= 0.3 is 5.97 Å². The summed E-state index contributed by atoms with van der Waals surface area (Å²) in [6.07, 6.45) is 0. The third-order valence-electron chi connectivity index (χ3n) is 4.44. The first kappa shape index (κ1) is 20.3. The number of thiazole rings is 1. The topological polar surface area (TPSA) is 110 Å². The highest BCUT2D eigenvalue weighted by atomic mass is 32.1. The van der Waals surface area contributed by atoms with Gasteiger partial charge in [0.2, 0.25) is 5.56 Å². The molecule has 0 saturated carbocycles. The van der Waals surface area contributed by atoms with Crippen molar-refractivity contribution in [2.45, 2.75) is 0 Å². The molecule has 2 aromatic heterocycles. The number of H-pyrrole nitrogens is 1. The van der Waals surface area contributed by atoms with Crippen molar-refractivity contribution in [3.05, 3.63) is 75.9 Å². The third-order valence-corrected chi connectivity index (χ3v) is 5.20. The number of amides is 1. The number of fused-ring (bicyclic) bond motifs is 1. The van der Waals surface area contributed by atoms with E-state index < -0.39 is 24.0 Å². The number of anilines is 1. The Morgan fingerprint density at radius 2 is 1.90 bits per heavy atom. The van der Waals surface area contributed by atoms with Gasteiger partial charge in [0.15, 0.2) is 11.7 Å². The highest BCUT2D eigenvalue weighted by Gasteiger charge is 2.15. The van der Waals surface area contributed by atoms with Gasteiger partial charge in [-0.05, 0) is 30.3 Å². The standard InChI is InChI=1S/C22H17N3O5S/c1-29-14-8-6-13(7-9-14)18-12-31-22(24-18)25-20(27)11-30-21(28)16-10-19(26)23-17-5-3-2-4-15(16)17/h2-10,12H,11H2,1H3,(H,23,26)(H,24,25,27). The van der Waals surface area contributed by atoms with Crippen molar-refractivity contribution in [2.24, 2.45) is 0 Å². The number of carbonyl (C=O) groups is 2. The van der Waals surface area contributed by atoms with E-state index in [0.717, 1.165) is 17.4 Å². The molecule has 0 aliphatic heterocycles. The molecular formula is C22H17N3O5S. The minimum absolute atomic E-state index is 0.100. The summed E-state index contributed by atoms with van der Waals surface area (Å²) in [5.74, 6) is -0.545. The highest BCUT2D eigenvalue weighted by Crippen LogP contribution is 2.26. The lowest BCUT2D eigenvalue weighted by Crippen LogP contribution is -2.21. The fourth-order valence-corrected chi connectivity index (χ4v) is 3.70. The molecule has 4 rings (SSSR count). The lowest BCUT2D eigenvalue weighted by Gasteiger charge is -2.07. The van der Waals surface area contributed by atoms with E-state index >= 15 is 0 Å². The maximum absolute atomic E-state index is 12.4. The molecule has 9 heteroatoms. The second-order valence-corrected chi connectivity index (χ2v) is 7.34. The number of nitrogens with one attached hydrogen (secondary N) is 2. The maximum atomic E-state index is 12.4. The summed E-state index contributed by atoms with van der Waals surface area (Å²) < 4.78 is 10.2. The smallest absolute Gasteiger partial charge is 0.339 e. The molecule has 2 aromatic carbocycles. The summed E-state index contributed by atoms with van der Waals surface area (Å²) in [5.41, 5.74) is 1.77. The lowest BCUT2D eigenvalue weighted by atomic mass is 10.1. The SMILES string of the molecule is COc1ccc(-c2csc(NC(=O)COC(=O)c3cc(=O)[nH]c4ccccc34)n2)cc1. The quantitative estimate of drug-likeness (QED) is 0.449. The molecule has 2 heterocycles. The van der Waals surface area contributed by atoms with E-state index in [9.17, 15) is 14.4 Å². The van der Waals surface area contributed by atoms with Crippen LogP contribution in [-0.2, 0) is 9.53 Å². The number of ether oxygens (including phenoxy) is 2. The molecule has 0 aliphatic rings. The number of para-hydroxylation sites is 1. The van der Waals surface area contributed by atoms with Crippen LogP contribution in [0.2, 0.25) is 0 Å². The molecule has 2 N–H and O–H groups in total. The third kappa shape index (κ3) is 4.62. The number of nitrogens with zero attached hydrogens (tertiary/aromatic N) is 1. The van der Waals surface area contributed by atoms with Crippen molar-refractivity contribution in [1.29, 1.82) is 0 Å². The predicted octanol–water partition coefficient (Wildman–Crippen LogP) is 3.46. The minimum Gasteiger partial charge on any atom is -0.497 e. The van der Waals surface area contributed by atoms with Crippen LogP contribution in [0.5, 0.6) is 5.75 Å². The van der Waals surface area contributed by atoms with Gasteiger partial charge in [-0.25, -0.2) is 9.78 Å². The first-order valence-corrected chi connectivity index (χ1v) is 10.1. The minimum atomic E-state index is -0.754. The summed E-state index contributed by atoms with van der Waals surface area (Å²) in [7, 11) is 1.59. The molecule has 31 heavy (non-hydrogen) atoms. The molecule has 0 spiro atoms. The van der Waals surface area contributed by atoms with Crippen molar-refractivity contribution in [1.82, 2.24) is 9.97 Å². The Bertz CT molecular complexity index is 1310. The number of hydrogen-bond donors (Lipinski definition) is 2. The fraction of sp³-hybridized carbons (Fsp3) is 0.0909. The van der Waals surface area contributed by atoms with Crippen LogP contribution in [0.15, 0.2) is 64.8 Å². The number of esters is 1. The van der Waals surface area contributed by atoms with E-state index in [2.05, 4.69) is 15.3 Å². The normalized spacial score (nSPS) is 10.6. The highest BCUT2D eigenvalue weighted by molar-refractivity contribution is 7.14. The van der Waals surface area contributed by atoms with Crippen LogP contribution in [0.1, 0.15) is 10.4 Å². The van der Waals surface area contributed by atoms with Gasteiger partial charge in [0.25, 0.3) is 5.91 Å². The zero-order chi connectivity index (χ0) is 21.8. The van der Waals surface area contributed by atoms with E-state index in [-0.39, 0.29) is 5.56 Å². The van der Waals surface area contributed by atoms with Gasteiger partial charge in [-0.2, -0.15) is 0 Å². The summed E-state index contributed by atoms with van der Waals surface area (Å²) in [4.78, 5) is 43.4. The van der Waals surface area contributed by atoms with Crippen molar-refractivity contribution in [3.8, 4) is 17.0 Å². The molecule has 8 nitrogen and oxygen atoms in total. The van der Waals surface area contributed by atoms with E-state index in [1.165, 1.54) is 11.3 Å². The van der Waals surface area contributed by atoms with Gasteiger partial charge in [0.1, 0.15) is 5.75 Å². The fourth-order valence-electron chi connectivity index (χ4n) is 2.96. The molecule has 0 fully saturated rings. The van der Waals surface area contributed by atoms with Crippen molar-refractivity contribution < 1.29 is 19.1 Å². The van der Waals surface area contributed by atoms with E-state index in [1.807, 2.05) is 29.6 Å². The van der Waals surface area contributed by atoms with Gasteiger partial charge in [-0.15, -0.1) is 11.3 Å². The average Bonchev–Trinajstić information content (AvgIpc) is 3.25. The summed E-state index contributed by atoms with van der Waals surface area (Å²) in [5, 5.41) is 5.34. The first-order chi connectivity index (χ1) is 15.0. The van der Waals surface area contributed by atoms with Crippen LogP contribution in [0.25, 0.3) is 22.2 Å². The molecule has 0 atom stereocenters. The molecule has 0 aliphatic carbocycles. The van der Waals surface area contributed by atoms with Crippen molar-refractivity contribution in [2.75, 3.05) is 19.0 Å². The second kappa shape index (κ2) is 8.80. The molecule has 156 valence electrons. The van der Waals surface area contributed by atoms with Gasteiger partial charge in [-0.1, -0.05) is 18.2 Å². The number of hydrogen-bond acceptors (Lipinski definition) is 7. The lowest BCUT2D eigenvalue weighted by molar-refractivity contribution is -0.119. The van der Waals surface area contributed by atoms with Crippen LogP contribution in [0.4, 0.5) is 5.13 Å². The van der Waals surface area contributed by atoms with Crippen molar-refractivity contribution >= 4 is 39.2 Å². The number of rotatable bonds is 6. The van der Waals surface area contributed by atoms with E-state index in [4.69, 9.17) is 9.47 Å². The Balaban J connectivity index is 1.39. The van der Waals surface area contributed by atoms with Gasteiger partial charge < -0.3 is 14.5 Å². The molecule has 0 bridgehead atoms. The zero-order valence-corrected chi connectivity index (χ0v) is 17.2. The summed E-state index contributed by atoms with van der Waals surface area (Å²) in [6.45, 7) is -0.503. The number of pyridine rings is 1. The number of methoxy groups -OCH3 is 1. The Labute approximate surface area is 180 Å². The van der Waals surface area contributed by atoms with Crippen LogP contribution in [-0.4, -0.2) is 35.6 Å². The number of aromatic amines is 1. The summed E-state index contributed by atoms with van der Waals surface area (Å²) in [6, 6.07) is 15.4. The Morgan fingerprint density at radius 3 is 2.68 bits per heavy atom.